The molecule has 0 heterocycles. The van der Waals surface area contributed by atoms with E-state index in [4.69, 9.17) is 16.6 Å². The molecule has 0 aliphatic rings. The summed E-state index contributed by atoms with van der Waals surface area (Å²) in [7, 11) is 0. The van der Waals surface area contributed by atoms with E-state index < -0.39 is 67.0 Å². The fraction of sp³-hybridized carbons (Fsp3) is 0.450. The Morgan fingerprint density at radius 3 is 1.85 bits per heavy atom. The topological polar surface area (TPSA) is 254 Å². The van der Waals surface area contributed by atoms with Crippen LogP contribution in [0.4, 0.5) is 0 Å². The van der Waals surface area contributed by atoms with Crippen molar-refractivity contribution in [3.63, 3.8) is 0 Å². The van der Waals surface area contributed by atoms with Gasteiger partial charge in [0.25, 0.3) is 0 Å². The van der Waals surface area contributed by atoms with E-state index in [1.807, 2.05) is 0 Å². The number of aliphatic hydroxyl groups is 2. The van der Waals surface area contributed by atoms with E-state index in [-0.39, 0.29) is 25.0 Å². The number of nitrogens with one attached hydrogen (secondary N) is 3. The molecule has 0 radical (unpaired) electrons. The van der Waals surface area contributed by atoms with E-state index >= 15 is 0 Å². The number of carboxylic acid groups (broad SMARTS) is 1. The second kappa shape index (κ2) is 13.7. The molecule has 0 aliphatic heterocycles. The Kier molecular flexibility index (Phi) is 11.4. The average Bonchev–Trinajstić information content (AvgIpc) is 2.79. The van der Waals surface area contributed by atoms with Crippen molar-refractivity contribution < 1.29 is 44.4 Å². The Bertz CT molecular complexity index is 878. The number of phenolic OH excluding ortho intramolecular Hbond substituents is 1. The first-order valence-corrected chi connectivity index (χ1v) is 10.2. The van der Waals surface area contributed by atoms with Gasteiger partial charge in [0.1, 0.15) is 29.9 Å². The highest BCUT2D eigenvalue weighted by atomic mass is 16.4. The number of carbonyl (C=O) groups excluding carboxylic acids is 4. The minimum atomic E-state index is -1.59. The highest BCUT2D eigenvalue weighted by molar-refractivity contribution is 5.94. The third-order valence-electron chi connectivity index (χ3n) is 4.65. The molecule has 4 unspecified atom stereocenters. The molecule has 14 heteroatoms. The van der Waals surface area contributed by atoms with Gasteiger partial charge in [0.15, 0.2) is 0 Å². The van der Waals surface area contributed by atoms with Crippen LogP contribution in [0.1, 0.15) is 18.4 Å². The summed E-state index contributed by atoms with van der Waals surface area (Å²) in [5, 5.41) is 43.9. The van der Waals surface area contributed by atoms with Crippen molar-refractivity contribution in [2.24, 2.45) is 11.5 Å². The number of hydrogen-bond acceptors (Lipinski definition) is 9. The van der Waals surface area contributed by atoms with E-state index in [0.29, 0.717) is 5.56 Å². The zero-order valence-corrected chi connectivity index (χ0v) is 18.1. The molecule has 0 spiro atoms. The van der Waals surface area contributed by atoms with Gasteiger partial charge in [-0.15, -0.1) is 0 Å². The molecule has 34 heavy (non-hydrogen) atoms. The van der Waals surface area contributed by atoms with Crippen LogP contribution in [-0.2, 0) is 30.4 Å². The van der Waals surface area contributed by atoms with E-state index in [1.54, 1.807) is 0 Å². The van der Waals surface area contributed by atoms with Crippen molar-refractivity contribution in [1.29, 1.82) is 0 Å². The van der Waals surface area contributed by atoms with Crippen LogP contribution < -0.4 is 27.4 Å². The number of primary amides is 1. The number of aliphatic carboxylic acids is 1. The van der Waals surface area contributed by atoms with Crippen LogP contribution in [0.15, 0.2) is 24.3 Å². The quantitative estimate of drug-likeness (QED) is 0.124. The van der Waals surface area contributed by atoms with Crippen LogP contribution in [0.5, 0.6) is 5.75 Å². The first-order valence-electron chi connectivity index (χ1n) is 10.2. The van der Waals surface area contributed by atoms with Crippen LogP contribution >= 0.6 is 0 Å². The third kappa shape index (κ3) is 9.40. The smallest absolute Gasteiger partial charge is 0.326 e. The lowest BCUT2D eigenvalue weighted by Crippen LogP contribution is -2.58. The molecule has 0 fully saturated rings. The Morgan fingerprint density at radius 2 is 1.35 bits per heavy atom. The number of nitrogens with two attached hydrogens (primary N) is 2. The number of rotatable bonds is 14. The molecule has 1 aromatic carbocycles. The van der Waals surface area contributed by atoms with Crippen molar-refractivity contribution in [2.75, 3.05) is 13.2 Å². The number of carbonyl (C=O) groups is 5. The molecule has 11 N–H and O–H groups in total. The Morgan fingerprint density at radius 1 is 0.824 bits per heavy atom. The summed E-state index contributed by atoms with van der Waals surface area (Å²) in [5.74, 6) is -5.07. The largest absolute Gasteiger partial charge is 0.508 e. The van der Waals surface area contributed by atoms with Crippen molar-refractivity contribution >= 4 is 29.6 Å². The van der Waals surface area contributed by atoms with Gasteiger partial charge < -0.3 is 47.8 Å². The van der Waals surface area contributed by atoms with E-state index in [0.717, 1.165) is 0 Å². The molecule has 14 nitrogen and oxygen atoms in total. The standard InChI is InChI=1S/C20H29N5O9/c21-12(8-26)17(30)24-14(7-10-1-3-11(28)4-2-10)18(31)25-15(9-27)19(32)23-13(20(33)34)5-6-16(22)29/h1-4,12-15,26-28H,5-9,21H2,(H2,22,29)(H,23,32)(H,24,30)(H,25,31)(H,33,34). The van der Waals surface area contributed by atoms with Gasteiger partial charge in [-0.2, -0.15) is 0 Å². The monoisotopic (exact) mass is 483 g/mol. The molecule has 1 aromatic rings. The van der Waals surface area contributed by atoms with Gasteiger partial charge in [0, 0.05) is 12.8 Å². The number of hydrogen-bond donors (Lipinski definition) is 9. The SMILES string of the molecule is NC(=O)CCC(NC(=O)C(CO)NC(=O)C(Cc1ccc(O)cc1)NC(=O)C(N)CO)C(=O)O. The van der Waals surface area contributed by atoms with Crippen LogP contribution in [-0.4, -0.2) is 87.4 Å². The second-order valence-electron chi connectivity index (χ2n) is 7.37. The number of aromatic hydroxyl groups is 1. The second-order valence-corrected chi connectivity index (χ2v) is 7.37. The maximum atomic E-state index is 12.8. The Hall–Kier alpha value is -3.75. The molecule has 188 valence electrons. The van der Waals surface area contributed by atoms with Crippen molar-refractivity contribution in [1.82, 2.24) is 16.0 Å². The lowest BCUT2D eigenvalue weighted by atomic mass is 10.0. The molecular formula is C20H29N5O9. The van der Waals surface area contributed by atoms with E-state index in [1.165, 1.54) is 24.3 Å². The molecular weight excluding hydrogens is 454 g/mol. The Labute approximate surface area is 194 Å². The molecule has 0 saturated carbocycles. The number of phenols is 1. The molecule has 4 atom stereocenters. The Balaban J connectivity index is 2.97. The van der Waals surface area contributed by atoms with Gasteiger partial charge in [-0.05, 0) is 24.1 Å². The van der Waals surface area contributed by atoms with Gasteiger partial charge in [-0.3, -0.25) is 19.2 Å². The molecule has 0 saturated heterocycles. The van der Waals surface area contributed by atoms with E-state index in [2.05, 4.69) is 16.0 Å². The highest BCUT2D eigenvalue weighted by Gasteiger charge is 2.30. The van der Waals surface area contributed by atoms with Crippen molar-refractivity contribution in [3.8, 4) is 5.75 Å². The zero-order chi connectivity index (χ0) is 25.8. The first-order chi connectivity index (χ1) is 16.0. The fourth-order valence-corrected chi connectivity index (χ4v) is 2.72. The maximum absolute atomic E-state index is 12.8. The summed E-state index contributed by atoms with van der Waals surface area (Å²) in [5.41, 5.74) is 11.0. The summed E-state index contributed by atoms with van der Waals surface area (Å²) < 4.78 is 0. The van der Waals surface area contributed by atoms with Crippen LogP contribution in [0, 0.1) is 0 Å². The van der Waals surface area contributed by atoms with Gasteiger partial charge >= 0.3 is 5.97 Å². The number of aliphatic hydroxyl groups excluding tert-OH is 2. The molecule has 4 amide bonds. The summed E-state index contributed by atoms with van der Waals surface area (Å²) in [6.45, 7) is -1.60. The fourth-order valence-electron chi connectivity index (χ4n) is 2.72. The van der Waals surface area contributed by atoms with Gasteiger partial charge in [0.05, 0.1) is 13.2 Å². The normalized spacial score (nSPS) is 14.2. The molecule has 1 rings (SSSR count). The van der Waals surface area contributed by atoms with Crippen LogP contribution in [0.3, 0.4) is 0 Å². The highest BCUT2D eigenvalue weighted by Crippen LogP contribution is 2.12. The molecule has 0 bridgehead atoms. The molecule has 0 aromatic heterocycles. The first kappa shape index (κ1) is 28.3. The minimum Gasteiger partial charge on any atom is -0.508 e. The zero-order valence-electron chi connectivity index (χ0n) is 18.1. The lowest BCUT2D eigenvalue weighted by Gasteiger charge is -2.24. The summed E-state index contributed by atoms with van der Waals surface area (Å²) in [6, 6.07) is -0.0354. The van der Waals surface area contributed by atoms with Crippen molar-refractivity contribution in [3.05, 3.63) is 29.8 Å². The van der Waals surface area contributed by atoms with Gasteiger partial charge in [-0.1, -0.05) is 12.1 Å². The number of benzene rings is 1. The number of amides is 4. The maximum Gasteiger partial charge on any atom is 0.326 e. The van der Waals surface area contributed by atoms with Gasteiger partial charge in [-0.25, -0.2) is 4.79 Å². The predicted octanol–water partition coefficient (Wildman–Crippen LogP) is -3.95. The minimum absolute atomic E-state index is 0.0302. The predicted molar refractivity (Wildman–Crippen MR) is 116 cm³/mol. The van der Waals surface area contributed by atoms with Gasteiger partial charge in [0.2, 0.25) is 23.6 Å². The lowest BCUT2D eigenvalue weighted by molar-refractivity contribution is -0.143. The van der Waals surface area contributed by atoms with E-state index in [9.17, 15) is 39.3 Å². The number of carboxylic acids is 1. The summed E-state index contributed by atoms with van der Waals surface area (Å²) >= 11 is 0. The van der Waals surface area contributed by atoms with Crippen LogP contribution in [0.25, 0.3) is 0 Å². The summed E-state index contributed by atoms with van der Waals surface area (Å²) in [4.78, 5) is 59.6. The molecule has 0 aliphatic carbocycles. The van der Waals surface area contributed by atoms with Crippen LogP contribution in [0.2, 0.25) is 0 Å². The summed E-state index contributed by atoms with van der Waals surface area (Å²) in [6.07, 6.45) is -0.730. The average molecular weight is 483 g/mol. The van der Waals surface area contributed by atoms with Crippen molar-refractivity contribution in [2.45, 2.75) is 43.4 Å². The third-order valence-corrected chi connectivity index (χ3v) is 4.65.